The first-order chi connectivity index (χ1) is 33.2. The number of hydrogen-bond acceptors (Lipinski definition) is 2. The van der Waals surface area contributed by atoms with E-state index in [0.29, 0.717) is 0 Å². The smallest absolute Gasteiger partial charge is 0.160 e. The molecule has 0 aliphatic carbocycles. The molecule has 2 heterocycles. The van der Waals surface area contributed by atoms with Crippen LogP contribution in [0.3, 0.4) is 0 Å². The maximum absolute atomic E-state index is 6.79. The predicted octanol–water partition coefficient (Wildman–Crippen LogP) is 18.0. The normalized spacial score (nSPS) is 11.6. The molecule has 67 heavy (non-hydrogen) atoms. The minimum atomic E-state index is 0.868. The van der Waals surface area contributed by atoms with Crippen molar-refractivity contribution in [3.63, 3.8) is 0 Å². The van der Waals surface area contributed by atoms with Gasteiger partial charge in [-0.25, -0.2) is 0 Å². The van der Waals surface area contributed by atoms with Crippen molar-refractivity contribution in [3.8, 4) is 50.2 Å². The average Bonchev–Trinajstić information content (AvgIpc) is 3.97. The van der Waals surface area contributed by atoms with Crippen LogP contribution in [0.1, 0.15) is 0 Å². The van der Waals surface area contributed by atoms with Crippen molar-refractivity contribution < 1.29 is 4.42 Å². The number of nitrogens with zero attached hydrogens (tertiary/aromatic N) is 2. The summed E-state index contributed by atoms with van der Waals surface area (Å²) in [7, 11) is 0. The zero-order valence-electron chi connectivity index (χ0n) is 36.6. The van der Waals surface area contributed by atoms with Crippen molar-refractivity contribution in [3.05, 3.63) is 255 Å². The van der Waals surface area contributed by atoms with Gasteiger partial charge in [0.25, 0.3) is 0 Å². The summed E-state index contributed by atoms with van der Waals surface area (Å²) in [4.78, 5) is 2.34. The van der Waals surface area contributed by atoms with Crippen molar-refractivity contribution in [2.45, 2.75) is 0 Å². The molecule has 13 rings (SSSR count). The Morgan fingerprint density at radius 2 is 0.821 bits per heavy atom. The van der Waals surface area contributed by atoms with Gasteiger partial charge in [-0.3, -0.25) is 0 Å². The van der Waals surface area contributed by atoms with E-state index in [9.17, 15) is 0 Å². The lowest BCUT2D eigenvalue weighted by Crippen LogP contribution is -2.10. The molecule has 314 valence electrons. The van der Waals surface area contributed by atoms with Crippen molar-refractivity contribution >= 4 is 71.6 Å². The summed E-state index contributed by atoms with van der Waals surface area (Å²) in [5.41, 5.74) is 17.9. The summed E-state index contributed by atoms with van der Waals surface area (Å²) in [5.74, 6) is 0. The third-order valence-corrected chi connectivity index (χ3v) is 13.4. The number of aromatic nitrogens is 1. The Morgan fingerprint density at radius 1 is 0.343 bits per heavy atom. The molecule has 0 fully saturated rings. The Kier molecular flexibility index (Phi) is 9.17. The van der Waals surface area contributed by atoms with Gasteiger partial charge >= 0.3 is 0 Å². The first kappa shape index (κ1) is 38.5. The van der Waals surface area contributed by atoms with Gasteiger partial charge in [-0.05, 0) is 104 Å². The van der Waals surface area contributed by atoms with Crippen LogP contribution >= 0.6 is 0 Å². The molecule has 0 spiro atoms. The van der Waals surface area contributed by atoms with Gasteiger partial charge in [-0.15, -0.1) is 0 Å². The molecule has 0 saturated heterocycles. The fourth-order valence-electron chi connectivity index (χ4n) is 10.2. The Balaban J connectivity index is 0.844. The molecular weight excluding hydrogens is 813 g/mol. The summed E-state index contributed by atoms with van der Waals surface area (Å²) < 4.78 is 9.19. The molecule has 2 aromatic heterocycles. The van der Waals surface area contributed by atoms with Gasteiger partial charge in [-0.1, -0.05) is 200 Å². The van der Waals surface area contributed by atoms with Crippen LogP contribution in [0.4, 0.5) is 17.1 Å². The minimum absolute atomic E-state index is 0.868. The van der Waals surface area contributed by atoms with Gasteiger partial charge < -0.3 is 13.9 Å². The molecule has 0 amide bonds. The quantitative estimate of drug-likeness (QED) is 0.152. The van der Waals surface area contributed by atoms with E-state index in [2.05, 4.69) is 258 Å². The van der Waals surface area contributed by atoms with Crippen LogP contribution in [0.5, 0.6) is 0 Å². The lowest BCUT2D eigenvalue weighted by molar-refractivity contribution is 0.669. The van der Waals surface area contributed by atoms with E-state index >= 15 is 0 Å². The van der Waals surface area contributed by atoms with Crippen molar-refractivity contribution in [2.75, 3.05) is 4.90 Å². The second-order valence-corrected chi connectivity index (χ2v) is 17.3. The van der Waals surface area contributed by atoms with Crippen LogP contribution in [0.15, 0.2) is 259 Å². The van der Waals surface area contributed by atoms with Gasteiger partial charge in [-0.2, -0.15) is 0 Å². The van der Waals surface area contributed by atoms with Crippen LogP contribution in [0.25, 0.3) is 105 Å². The fourth-order valence-corrected chi connectivity index (χ4v) is 10.2. The van der Waals surface area contributed by atoms with E-state index in [1.807, 2.05) is 6.07 Å². The Morgan fingerprint density at radius 3 is 1.46 bits per heavy atom. The molecule has 13 aromatic rings. The first-order valence-electron chi connectivity index (χ1n) is 22.9. The number of rotatable bonds is 8. The summed E-state index contributed by atoms with van der Waals surface area (Å²) in [6, 6.07) is 91.6. The number of benzene rings is 11. The van der Waals surface area contributed by atoms with Gasteiger partial charge in [0.2, 0.25) is 0 Å². The van der Waals surface area contributed by atoms with Crippen molar-refractivity contribution in [1.29, 1.82) is 0 Å². The predicted molar refractivity (Wildman–Crippen MR) is 282 cm³/mol. The summed E-state index contributed by atoms with van der Waals surface area (Å²) in [5, 5.41) is 7.11. The lowest BCUT2D eigenvalue weighted by Gasteiger charge is -2.26. The number of anilines is 3. The molecular formula is C64H42N2O. The van der Waals surface area contributed by atoms with Crippen LogP contribution in [-0.4, -0.2) is 4.57 Å². The molecule has 0 saturated carbocycles. The number of furan rings is 1. The molecule has 0 bridgehead atoms. The summed E-state index contributed by atoms with van der Waals surface area (Å²) >= 11 is 0. The monoisotopic (exact) mass is 854 g/mol. The van der Waals surface area contributed by atoms with Crippen LogP contribution in [0.2, 0.25) is 0 Å². The van der Waals surface area contributed by atoms with Crippen molar-refractivity contribution in [1.82, 2.24) is 4.57 Å². The van der Waals surface area contributed by atoms with E-state index in [0.717, 1.165) is 61.2 Å². The highest BCUT2D eigenvalue weighted by Gasteiger charge is 2.22. The zero-order valence-corrected chi connectivity index (χ0v) is 36.6. The average molecular weight is 855 g/mol. The standard InChI is InChI=1S/C64H42N2O/c1-3-14-43(15-4-1)47-34-38-52(39-35-47)65(60-42-50-16-7-8-19-54(50)62-58-21-10-12-25-61(58)67-64(60)62)53-40-36-48(37-41-53)45-28-26-44(27-29-45)46-30-32-49(33-31-46)55-22-13-23-57-56-20-9-11-24-59(56)66(63(55)57)51-17-5-2-6-18-51/h1-42H. The zero-order chi connectivity index (χ0) is 44.3. The molecule has 0 aliphatic rings. The van der Waals surface area contributed by atoms with Crippen molar-refractivity contribution in [2.24, 2.45) is 0 Å². The SMILES string of the molecule is c1ccc(-c2ccc(N(c3ccc(-c4ccc(-c5ccc(-c6cccc7c8ccccc8n(-c8ccccc8)c67)cc5)cc4)cc3)c3cc4ccccc4c4c3oc3ccccc34)cc2)cc1. The Labute approximate surface area is 388 Å². The summed E-state index contributed by atoms with van der Waals surface area (Å²) in [6.45, 7) is 0. The third kappa shape index (κ3) is 6.59. The van der Waals surface area contributed by atoms with Gasteiger partial charge in [0.15, 0.2) is 5.58 Å². The number of para-hydroxylation sites is 4. The molecule has 0 atom stereocenters. The van der Waals surface area contributed by atoms with Gasteiger partial charge in [0.05, 0.1) is 16.7 Å². The maximum atomic E-state index is 6.79. The van der Waals surface area contributed by atoms with E-state index in [1.54, 1.807) is 0 Å². The van der Waals surface area contributed by atoms with E-state index in [1.165, 1.54) is 60.6 Å². The second kappa shape index (κ2) is 16.0. The third-order valence-electron chi connectivity index (χ3n) is 13.4. The fraction of sp³-hybridized carbons (Fsp3) is 0. The maximum Gasteiger partial charge on any atom is 0.160 e. The molecule has 0 radical (unpaired) electrons. The number of hydrogen-bond donors (Lipinski definition) is 0. The Bertz CT molecular complexity index is 3920. The highest BCUT2D eigenvalue weighted by Crippen LogP contribution is 2.46. The molecule has 3 heteroatoms. The van der Waals surface area contributed by atoms with E-state index in [4.69, 9.17) is 4.42 Å². The highest BCUT2D eigenvalue weighted by atomic mass is 16.3. The first-order valence-corrected chi connectivity index (χ1v) is 22.9. The van der Waals surface area contributed by atoms with Gasteiger partial charge in [0.1, 0.15) is 5.58 Å². The van der Waals surface area contributed by atoms with Crippen LogP contribution < -0.4 is 4.90 Å². The molecule has 3 nitrogen and oxygen atoms in total. The molecule has 0 aliphatic heterocycles. The molecule has 11 aromatic carbocycles. The lowest BCUT2D eigenvalue weighted by atomic mass is 9.97. The Hall–Kier alpha value is -8.92. The van der Waals surface area contributed by atoms with Crippen LogP contribution in [-0.2, 0) is 0 Å². The molecule has 0 N–H and O–H groups in total. The van der Waals surface area contributed by atoms with E-state index in [-0.39, 0.29) is 0 Å². The second-order valence-electron chi connectivity index (χ2n) is 17.3. The summed E-state index contributed by atoms with van der Waals surface area (Å²) in [6.07, 6.45) is 0. The highest BCUT2D eigenvalue weighted by molar-refractivity contribution is 6.23. The largest absolute Gasteiger partial charge is 0.454 e. The number of fused-ring (bicyclic) bond motifs is 8. The van der Waals surface area contributed by atoms with Crippen LogP contribution in [0, 0.1) is 0 Å². The van der Waals surface area contributed by atoms with E-state index < -0.39 is 0 Å². The minimum Gasteiger partial charge on any atom is -0.454 e. The topological polar surface area (TPSA) is 21.3 Å². The molecule has 0 unspecified atom stereocenters. The van der Waals surface area contributed by atoms with Gasteiger partial charge in [0, 0.05) is 44.2 Å².